The van der Waals surface area contributed by atoms with Gasteiger partial charge in [-0.2, -0.15) is 4.98 Å². The first-order chi connectivity index (χ1) is 20.0. The van der Waals surface area contributed by atoms with Crippen LogP contribution in [0.4, 0.5) is 0 Å². The van der Waals surface area contributed by atoms with Crippen LogP contribution < -0.4 is 0 Å². The highest BCUT2D eigenvalue weighted by molar-refractivity contribution is 6.14. The predicted molar refractivity (Wildman–Crippen MR) is 166 cm³/mol. The van der Waals surface area contributed by atoms with E-state index in [0.29, 0.717) is 11.5 Å². The molecule has 4 aromatic carbocycles. The van der Waals surface area contributed by atoms with E-state index in [0.717, 1.165) is 50.2 Å². The van der Waals surface area contributed by atoms with Crippen molar-refractivity contribution in [2.75, 3.05) is 0 Å². The van der Waals surface area contributed by atoms with Crippen LogP contribution in [0.5, 0.6) is 0 Å². The van der Waals surface area contributed by atoms with Crippen LogP contribution in [-0.2, 0) is 0 Å². The summed E-state index contributed by atoms with van der Waals surface area (Å²) in [5.41, 5.74) is 7.41. The summed E-state index contributed by atoms with van der Waals surface area (Å²) in [6, 6.07) is 25.6. The lowest BCUT2D eigenvalue weighted by Crippen LogP contribution is -2.06. The van der Waals surface area contributed by atoms with Crippen LogP contribution in [0.2, 0.25) is 0 Å². The second-order valence-corrected chi connectivity index (χ2v) is 11.0. The van der Waals surface area contributed by atoms with Gasteiger partial charge in [-0.1, -0.05) is 74.5 Å². The number of imidazole rings is 1. The fourth-order valence-corrected chi connectivity index (χ4v) is 6.30. The highest BCUT2D eigenvalue weighted by Crippen LogP contribution is 2.43. The number of nitrogens with zero attached hydrogens (tertiary/aromatic N) is 5. The van der Waals surface area contributed by atoms with Gasteiger partial charge >= 0.3 is 0 Å². The van der Waals surface area contributed by atoms with Crippen LogP contribution in [-0.4, -0.2) is 24.5 Å². The zero-order chi connectivity index (χ0) is 27.8. The Morgan fingerprint density at radius 3 is 2.20 bits per heavy atom. The van der Waals surface area contributed by atoms with Crippen molar-refractivity contribution < 1.29 is 4.42 Å². The summed E-state index contributed by atoms with van der Waals surface area (Å²) in [4.78, 5) is 19.0. The molecule has 0 saturated heterocycles. The Morgan fingerprint density at radius 1 is 0.707 bits per heavy atom. The summed E-state index contributed by atoms with van der Waals surface area (Å²) >= 11 is 0. The molecule has 0 unspecified atom stereocenters. The molecule has 0 saturated carbocycles. The summed E-state index contributed by atoms with van der Waals surface area (Å²) < 4.78 is 8.74. The van der Waals surface area contributed by atoms with E-state index in [2.05, 4.69) is 101 Å². The van der Waals surface area contributed by atoms with Gasteiger partial charge in [0.05, 0.1) is 33.9 Å². The smallest absolute Gasteiger partial charge is 0.230 e. The Balaban J connectivity index is 1.58. The van der Waals surface area contributed by atoms with Gasteiger partial charge in [0.1, 0.15) is 17.2 Å². The van der Waals surface area contributed by atoms with E-state index < -0.39 is 0 Å². The molecule has 8 rings (SSSR count). The molecule has 0 aliphatic heterocycles. The second-order valence-electron chi connectivity index (χ2n) is 11.0. The van der Waals surface area contributed by atoms with Gasteiger partial charge in [0, 0.05) is 22.7 Å². The highest BCUT2D eigenvalue weighted by Gasteiger charge is 2.25. The third-order valence-corrected chi connectivity index (χ3v) is 8.04. The van der Waals surface area contributed by atoms with Gasteiger partial charge in [-0.15, -0.1) is 0 Å². The Labute approximate surface area is 236 Å². The second kappa shape index (κ2) is 8.70. The first kappa shape index (κ1) is 23.8. The number of fused-ring (bicyclic) bond motifs is 7. The van der Waals surface area contributed by atoms with E-state index in [1.54, 1.807) is 0 Å². The first-order valence-corrected chi connectivity index (χ1v) is 13.9. The summed E-state index contributed by atoms with van der Waals surface area (Å²) in [5.74, 6) is 1.74. The van der Waals surface area contributed by atoms with Gasteiger partial charge in [-0.25, -0.2) is 9.97 Å². The van der Waals surface area contributed by atoms with Gasteiger partial charge in [0.2, 0.25) is 5.71 Å². The van der Waals surface area contributed by atoms with Crippen LogP contribution in [0.25, 0.3) is 71.7 Å². The average molecular weight is 534 g/mol. The highest BCUT2D eigenvalue weighted by atomic mass is 16.3. The van der Waals surface area contributed by atoms with E-state index in [4.69, 9.17) is 14.4 Å². The molecule has 0 aliphatic rings. The lowest BCUT2D eigenvalue weighted by atomic mass is 9.89. The quantitative estimate of drug-likeness (QED) is 0.212. The van der Waals surface area contributed by atoms with Crippen LogP contribution in [0, 0.1) is 13.8 Å². The maximum Gasteiger partial charge on any atom is 0.230 e. The maximum atomic E-state index is 6.44. The number of para-hydroxylation sites is 1. The molecule has 0 bridgehead atoms. The molecule has 0 atom stereocenters. The third kappa shape index (κ3) is 3.43. The molecule has 198 valence electrons. The van der Waals surface area contributed by atoms with Gasteiger partial charge in [0.25, 0.3) is 0 Å². The number of furan rings is 1. The maximum absolute atomic E-state index is 6.44. The van der Waals surface area contributed by atoms with E-state index in [1.807, 2.05) is 26.2 Å². The van der Waals surface area contributed by atoms with Crippen LogP contribution in [0.3, 0.4) is 0 Å². The van der Waals surface area contributed by atoms with Crippen molar-refractivity contribution in [1.82, 2.24) is 24.5 Å². The van der Waals surface area contributed by atoms with Crippen molar-refractivity contribution in [3.05, 3.63) is 102 Å². The van der Waals surface area contributed by atoms with Crippen LogP contribution in [0.1, 0.15) is 36.8 Å². The zero-order valence-corrected chi connectivity index (χ0v) is 23.3. The molecule has 6 heteroatoms. The molecule has 0 fully saturated rings. The molecule has 41 heavy (non-hydrogen) atoms. The summed E-state index contributed by atoms with van der Waals surface area (Å²) in [6.07, 6.45) is 3.79. The van der Waals surface area contributed by atoms with Crippen molar-refractivity contribution in [2.45, 2.75) is 33.6 Å². The lowest BCUT2D eigenvalue weighted by molar-refractivity contribution is 0.651. The third-order valence-electron chi connectivity index (χ3n) is 8.04. The minimum atomic E-state index is 0.253. The van der Waals surface area contributed by atoms with Gasteiger partial charge < -0.3 is 4.42 Å². The molecule has 0 N–H and O–H groups in total. The standard InChI is InChI=1S/C35H27N5O/c1-19(2)31-24-12-7-5-10-22(24)23-11-6-8-13-25(23)32(31)40-30-18-36-20(3)16-29(30)39-34(40)27-15-9-14-26-28-17-37-21(4)38-35(28)41-33(26)27/h5-19H,1-4H3. The number of benzene rings is 4. The normalized spacial score (nSPS) is 12.1. The molecule has 6 nitrogen and oxygen atoms in total. The van der Waals surface area contributed by atoms with Crippen molar-refractivity contribution in [3.8, 4) is 17.1 Å². The van der Waals surface area contributed by atoms with Crippen molar-refractivity contribution in [2.24, 2.45) is 0 Å². The molecule has 0 spiro atoms. The number of hydrogen-bond acceptors (Lipinski definition) is 5. The van der Waals surface area contributed by atoms with Crippen LogP contribution in [0.15, 0.2) is 89.6 Å². The first-order valence-electron chi connectivity index (χ1n) is 13.9. The fourth-order valence-electron chi connectivity index (χ4n) is 6.30. The number of pyridine rings is 1. The Morgan fingerprint density at radius 2 is 1.41 bits per heavy atom. The SMILES string of the molecule is Cc1cc2nc(-c3cccc4c3oc3nc(C)ncc34)n(-c3c(C(C)C)c4ccccc4c4ccccc34)c2cn1. The topological polar surface area (TPSA) is 69.6 Å². The molecular formula is C35H27N5O. The Hall–Kier alpha value is -5.10. The molecule has 4 heterocycles. The van der Waals surface area contributed by atoms with Crippen molar-refractivity contribution in [1.29, 1.82) is 0 Å². The summed E-state index contributed by atoms with van der Waals surface area (Å²) in [5, 5.41) is 6.75. The molecule has 4 aromatic heterocycles. The minimum Gasteiger partial charge on any atom is -0.437 e. The Kier molecular flexibility index (Phi) is 5.04. The van der Waals surface area contributed by atoms with E-state index in [1.165, 1.54) is 27.1 Å². The number of aryl methyl sites for hydroxylation is 2. The molecule has 0 radical (unpaired) electrons. The monoisotopic (exact) mass is 533 g/mol. The number of aromatic nitrogens is 5. The Bertz CT molecular complexity index is 2330. The van der Waals surface area contributed by atoms with Gasteiger partial charge in [-0.3, -0.25) is 9.55 Å². The van der Waals surface area contributed by atoms with Crippen molar-refractivity contribution in [3.63, 3.8) is 0 Å². The molecular weight excluding hydrogens is 506 g/mol. The van der Waals surface area contributed by atoms with E-state index >= 15 is 0 Å². The van der Waals surface area contributed by atoms with E-state index in [-0.39, 0.29) is 5.92 Å². The fraction of sp³-hybridized carbons (Fsp3) is 0.143. The molecule has 0 amide bonds. The van der Waals surface area contributed by atoms with Gasteiger partial charge in [-0.05, 0) is 53.6 Å². The summed E-state index contributed by atoms with van der Waals surface area (Å²) in [7, 11) is 0. The zero-order valence-electron chi connectivity index (χ0n) is 23.3. The number of rotatable bonds is 3. The van der Waals surface area contributed by atoms with E-state index in [9.17, 15) is 0 Å². The van der Waals surface area contributed by atoms with Gasteiger partial charge in [0.15, 0.2) is 0 Å². The van der Waals surface area contributed by atoms with Crippen LogP contribution >= 0.6 is 0 Å². The minimum absolute atomic E-state index is 0.253. The van der Waals surface area contributed by atoms with Crippen molar-refractivity contribution >= 4 is 54.6 Å². The average Bonchev–Trinajstić information content (AvgIpc) is 3.53. The predicted octanol–water partition coefficient (Wildman–Crippen LogP) is 8.82. The number of hydrogen-bond donors (Lipinski definition) is 0. The molecule has 0 aliphatic carbocycles. The summed E-state index contributed by atoms with van der Waals surface area (Å²) in [6.45, 7) is 8.41. The lowest BCUT2D eigenvalue weighted by Gasteiger charge is -2.22. The molecule has 8 aromatic rings. The largest absolute Gasteiger partial charge is 0.437 e.